The lowest BCUT2D eigenvalue weighted by Crippen LogP contribution is -2.51. The monoisotopic (exact) mass is 214 g/mol. The lowest BCUT2D eigenvalue weighted by molar-refractivity contribution is -0.152. The number of ether oxygens (including phenoxy) is 1. The van der Waals surface area contributed by atoms with Gasteiger partial charge in [-0.25, -0.2) is 0 Å². The van der Waals surface area contributed by atoms with Gasteiger partial charge in [0.1, 0.15) is 6.54 Å². The molecular weight excluding hydrogens is 196 g/mol. The first-order valence-corrected chi connectivity index (χ1v) is 5.08. The van der Waals surface area contributed by atoms with E-state index < -0.39 is 11.4 Å². The average molecular weight is 214 g/mol. The number of nitrogens with two attached hydrogens (primary N) is 1. The van der Waals surface area contributed by atoms with Gasteiger partial charge in [0.2, 0.25) is 5.91 Å². The van der Waals surface area contributed by atoms with Crippen molar-refractivity contribution in [3.8, 4) is 0 Å². The topological polar surface area (TPSA) is 72.6 Å². The standard InChI is InChI=1S/C10H18N2O3/c1-12(6-8(13)15-2)9(14)10(7-11)4-3-5-10/h3-7,11H2,1-2H3. The van der Waals surface area contributed by atoms with Gasteiger partial charge in [-0.2, -0.15) is 0 Å². The maximum atomic E-state index is 12.0. The van der Waals surface area contributed by atoms with Crippen molar-refractivity contribution in [2.45, 2.75) is 19.3 Å². The first-order valence-electron chi connectivity index (χ1n) is 5.08. The fourth-order valence-corrected chi connectivity index (χ4v) is 1.84. The summed E-state index contributed by atoms with van der Waals surface area (Å²) in [5, 5.41) is 0. The number of carbonyl (C=O) groups excluding carboxylic acids is 2. The molecule has 5 heteroatoms. The van der Waals surface area contributed by atoms with Crippen LogP contribution in [0, 0.1) is 5.41 Å². The fraction of sp³-hybridized carbons (Fsp3) is 0.800. The van der Waals surface area contributed by atoms with Gasteiger partial charge in [0, 0.05) is 13.6 Å². The van der Waals surface area contributed by atoms with Gasteiger partial charge in [0.15, 0.2) is 0 Å². The van der Waals surface area contributed by atoms with Crippen LogP contribution in [0.3, 0.4) is 0 Å². The van der Waals surface area contributed by atoms with E-state index in [9.17, 15) is 9.59 Å². The van der Waals surface area contributed by atoms with Gasteiger partial charge in [-0.15, -0.1) is 0 Å². The molecule has 0 aliphatic heterocycles. The van der Waals surface area contributed by atoms with Gasteiger partial charge in [0.05, 0.1) is 12.5 Å². The molecule has 0 aromatic carbocycles. The smallest absolute Gasteiger partial charge is 0.325 e. The zero-order valence-corrected chi connectivity index (χ0v) is 9.28. The van der Waals surface area contributed by atoms with Gasteiger partial charge in [-0.3, -0.25) is 9.59 Å². The van der Waals surface area contributed by atoms with Crippen molar-refractivity contribution in [2.24, 2.45) is 11.1 Å². The molecule has 0 unspecified atom stereocenters. The van der Waals surface area contributed by atoms with Crippen LogP contribution in [0.5, 0.6) is 0 Å². The second-order valence-corrected chi connectivity index (χ2v) is 4.08. The average Bonchev–Trinajstić information content (AvgIpc) is 2.16. The molecule has 1 rings (SSSR count). The van der Waals surface area contributed by atoms with Crippen molar-refractivity contribution in [1.29, 1.82) is 0 Å². The van der Waals surface area contributed by atoms with E-state index in [1.165, 1.54) is 12.0 Å². The second-order valence-electron chi connectivity index (χ2n) is 4.08. The van der Waals surface area contributed by atoms with Crippen molar-refractivity contribution in [3.63, 3.8) is 0 Å². The Morgan fingerprint density at radius 3 is 2.40 bits per heavy atom. The minimum Gasteiger partial charge on any atom is -0.468 e. The Balaban J connectivity index is 2.55. The summed E-state index contributed by atoms with van der Waals surface area (Å²) in [6, 6.07) is 0. The third kappa shape index (κ3) is 2.28. The lowest BCUT2D eigenvalue weighted by Gasteiger charge is -2.41. The molecule has 1 saturated carbocycles. The summed E-state index contributed by atoms with van der Waals surface area (Å²) in [4.78, 5) is 24.4. The van der Waals surface area contributed by atoms with Crippen molar-refractivity contribution < 1.29 is 14.3 Å². The molecule has 0 bridgehead atoms. The van der Waals surface area contributed by atoms with Gasteiger partial charge in [-0.1, -0.05) is 6.42 Å². The van der Waals surface area contributed by atoms with E-state index in [0.717, 1.165) is 19.3 Å². The molecule has 0 spiro atoms. The van der Waals surface area contributed by atoms with E-state index in [4.69, 9.17) is 5.73 Å². The molecule has 1 fully saturated rings. The molecule has 1 aliphatic carbocycles. The molecule has 0 radical (unpaired) electrons. The lowest BCUT2D eigenvalue weighted by atomic mass is 9.68. The highest BCUT2D eigenvalue weighted by Crippen LogP contribution is 2.41. The largest absolute Gasteiger partial charge is 0.468 e. The zero-order valence-electron chi connectivity index (χ0n) is 9.28. The van der Waals surface area contributed by atoms with Crippen LogP contribution >= 0.6 is 0 Å². The van der Waals surface area contributed by atoms with Crippen LogP contribution in [0.2, 0.25) is 0 Å². The Morgan fingerprint density at radius 2 is 2.07 bits per heavy atom. The quantitative estimate of drug-likeness (QED) is 0.655. The Kier molecular flexibility index (Phi) is 3.68. The number of amides is 1. The molecule has 2 N–H and O–H groups in total. The van der Waals surface area contributed by atoms with Crippen molar-refractivity contribution in [1.82, 2.24) is 4.90 Å². The second kappa shape index (κ2) is 4.61. The Labute approximate surface area is 89.6 Å². The van der Waals surface area contributed by atoms with Gasteiger partial charge >= 0.3 is 5.97 Å². The van der Waals surface area contributed by atoms with E-state index >= 15 is 0 Å². The SMILES string of the molecule is COC(=O)CN(C)C(=O)C1(CN)CCC1. The number of methoxy groups -OCH3 is 1. The normalized spacial score (nSPS) is 17.8. The summed E-state index contributed by atoms with van der Waals surface area (Å²) in [6.45, 7) is 0.356. The van der Waals surface area contributed by atoms with Crippen molar-refractivity contribution in [3.05, 3.63) is 0 Å². The summed E-state index contributed by atoms with van der Waals surface area (Å²) in [5.74, 6) is -0.445. The molecule has 1 amide bonds. The van der Waals surface area contributed by atoms with Crippen LogP contribution < -0.4 is 5.73 Å². The highest BCUT2D eigenvalue weighted by Gasteiger charge is 2.44. The number of nitrogens with zero attached hydrogens (tertiary/aromatic N) is 1. The fourth-order valence-electron chi connectivity index (χ4n) is 1.84. The van der Waals surface area contributed by atoms with Crippen LogP contribution in [0.25, 0.3) is 0 Å². The van der Waals surface area contributed by atoms with E-state index in [2.05, 4.69) is 4.74 Å². The Morgan fingerprint density at radius 1 is 1.47 bits per heavy atom. The van der Waals surface area contributed by atoms with Gasteiger partial charge < -0.3 is 15.4 Å². The molecule has 15 heavy (non-hydrogen) atoms. The molecular formula is C10H18N2O3. The van der Waals surface area contributed by atoms with Crippen LogP contribution in [0.4, 0.5) is 0 Å². The number of hydrogen-bond acceptors (Lipinski definition) is 4. The van der Waals surface area contributed by atoms with Crippen molar-refractivity contribution >= 4 is 11.9 Å². The molecule has 0 heterocycles. The summed E-state index contributed by atoms with van der Waals surface area (Å²) in [5.41, 5.74) is 5.19. The minimum atomic E-state index is -0.414. The highest BCUT2D eigenvalue weighted by atomic mass is 16.5. The predicted molar refractivity (Wildman–Crippen MR) is 55.0 cm³/mol. The summed E-state index contributed by atoms with van der Waals surface area (Å²) in [7, 11) is 2.91. The minimum absolute atomic E-state index is 0.00289. The molecule has 5 nitrogen and oxygen atoms in total. The Bertz CT molecular complexity index is 256. The van der Waals surface area contributed by atoms with Crippen LogP contribution in [-0.4, -0.2) is 44.0 Å². The first-order chi connectivity index (χ1) is 7.05. The first kappa shape index (κ1) is 12.0. The Hall–Kier alpha value is -1.10. The van der Waals surface area contributed by atoms with Crippen LogP contribution in [-0.2, 0) is 14.3 Å². The maximum Gasteiger partial charge on any atom is 0.325 e. The molecule has 1 aliphatic rings. The van der Waals surface area contributed by atoms with E-state index in [1.807, 2.05) is 0 Å². The van der Waals surface area contributed by atoms with E-state index in [-0.39, 0.29) is 12.5 Å². The van der Waals surface area contributed by atoms with Crippen molar-refractivity contribution in [2.75, 3.05) is 27.2 Å². The zero-order chi connectivity index (χ0) is 11.5. The third-order valence-electron chi connectivity index (χ3n) is 3.10. The summed E-state index contributed by atoms with van der Waals surface area (Å²) in [6.07, 6.45) is 2.69. The molecule has 0 aromatic heterocycles. The maximum absolute atomic E-state index is 12.0. The number of hydrogen-bond donors (Lipinski definition) is 1. The molecule has 0 aromatic rings. The van der Waals surface area contributed by atoms with Crippen LogP contribution in [0.1, 0.15) is 19.3 Å². The third-order valence-corrected chi connectivity index (χ3v) is 3.10. The highest BCUT2D eigenvalue weighted by molar-refractivity contribution is 5.87. The molecule has 86 valence electrons. The van der Waals surface area contributed by atoms with Crippen LogP contribution in [0.15, 0.2) is 0 Å². The molecule has 0 saturated heterocycles. The van der Waals surface area contributed by atoms with E-state index in [0.29, 0.717) is 6.54 Å². The van der Waals surface area contributed by atoms with Gasteiger partial charge in [0.25, 0.3) is 0 Å². The van der Waals surface area contributed by atoms with E-state index in [1.54, 1.807) is 7.05 Å². The number of esters is 1. The number of rotatable bonds is 4. The molecule has 0 atom stereocenters. The number of carbonyl (C=O) groups is 2. The summed E-state index contributed by atoms with van der Waals surface area (Å²) < 4.78 is 4.50. The van der Waals surface area contributed by atoms with Gasteiger partial charge in [-0.05, 0) is 12.8 Å². The summed E-state index contributed by atoms with van der Waals surface area (Å²) >= 11 is 0. The number of likely N-dealkylation sites (N-methyl/N-ethyl adjacent to an activating group) is 1. The predicted octanol–water partition coefficient (Wildman–Crippen LogP) is -0.253.